The number of hydrogen-bond acceptors (Lipinski definition) is 3. The minimum absolute atomic E-state index is 0.900. The summed E-state index contributed by atoms with van der Waals surface area (Å²) < 4.78 is 9.19. The van der Waals surface area contributed by atoms with Gasteiger partial charge in [0, 0.05) is 53.4 Å². The van der Waals surface area contributed by atoms with Gasteiger partial charge in [0.25, 0.3) is 0 Å². The van der Waals surface area contributed by atoms with Crippen molar-refractivity contribution >= 4 is 92.1 Å². The molecule has 2 nitrogen and oxygen atoms in total. The number of hydrogen-bond donors (Lipinski definition) is 0. The summed E-state index contributed by atoms with van der Waals surface area (Å²) in [6.07, 6.45) is 0. The van der Waals surface area contributed by atoms with Crippen LogP contribution in [-0.4, -0.2) is 0 Å². The lowest BCUT2D eigenvalue weighted by Crippen LogP contribution is -2.10. The van der Waals surface area contributed by atoms with Crippen LogP contribution in [0.1, 0.15) is 0 Å². The quantitative estimate of drug-likeness (QED) is 0.167. The molecule has 59 heavy (non-hydrogen) atoms. The van der Waals surface area contributed by atoms with Crippen molar-refractivity contribution in [2.75, 3.05) is 4.90 Å². The Kier molecular flexibility index (Phi) is 7.75. The average molecular weight is 770 g/mol. The highest BCUT2D eigenvalue weighted by atomic mass is 32.1. The van der Waals surface area contributed by atoms with Crippen LogP contribution in [0.4, 0.5) is 17.1 Å². The highest BCUT2D eigenvalue weighted by molar-refractivity contribution is 7.26. The second kappa shape index (κ2) is 13.6. The standard InChI is InChI=1S/C56H35NOS/c1-2-12-40-34-42(23-22-36(40)10-1)41-13-7-14-45(35-41)57(44-31-26-39(27-32-44)48-18-8-19-50-49-16-5-6-21-53(49)59-56(48)50)43-29-24-38(25-30-43)46-17-9-20-52-54(46)51-33-28-37-11-3-4-15-47(37)55(51)58-52/h1-35H. The molecule has 0 radical (unpaired) electrons. The topological polar surface area (TPSA) is 16.4 Å². The van der Waals surface area contributed by atoms with Crippen molar-refractivity contribution in [3.8, 4) is 33.4 Å². The Bertz CT molecular complexity index is 3560. The van der Waals surface area contributed by atoms with E-state index in [1.54, 1.807) is 0 Å². The number of fused-ring (bicyclic) bond motifs is 9. The van der Waals surface area contributed by atoms with Gasteiger partial charge in [-0.1, -0.05) is 152 Å². The van der Waals surface area contributed by atoms with Gasteiger partial charge in [-0.15, -0.1) is 11.3 Å². The summed E-state index contributed by atoms with van der Waals surface area (Å²) in [7, 11) is 0. The molecule has 0 saturated heterocycles. The molecule has 0 aliphatic carbocycles. The number of rotatable bonds is 6. The lowest BCUT2D eigenvalue weighted by Gasteiger charge is -2.26. The molecule has 0 atom stereocenters. The summed E-state index contributed by atoms with van der Waals surface area (Å²) >= 11 is 1.87. The van der Waals surface area contributed by atoms with Crippen LogP contribution in [0.5, 0.6) is 0 Å². The number of benzene rings is 10. The fraction of sp³-hybridized carbons (Fsp3) is 0. The van der Waals surface area contributed by atoms with Crippen molar-refractivity contribution < 1.29 is 4.42 Å². The molecule has 10 aromatic carbocycles. The van der Waals surface area contributed by atoms with Gasteiger partial charge in [-0.2, -0.15) is 0 Å². The van der Waals surface area contributed by atoms with Gasteiger partial charge in [0.2, 0.25) is 0 Å². The third kappa shape index (κ3) is 5.62. The smallest absolute Gasteiger partial charge is 0.143 e. The summed E-state index contributed by atoms with van der Waals surface area (Å²) in [5.41, 5.74) is 12.3. The van der Waals surface area contributed by atoms with Crippen LogP contribution in [0.25, 0.3) is 97.0 Å². The molecule has 3 heteroatoms. The molecule has 12 aromatic rings. The first-order valence-electron chi connectivity index (χ1n) is 20.1. The van der Waals surface area contributed by atoms with Gasteiger partial charge >= 0.3 is 0 Å². The zero-order valence-electron chi connectivity index (χ0n) is 32.0. The van der Waals surface area contributed by atoms with E-state index in [1.807, 2.05) is 11.3 Å². The molecule has 2 heterocycles. The molecule has 0 aliphatic heterocycles. The first kappa shape index (κ1) is 33.7. The second-order valence-corrected chi connectivity index (χ2v) is 16.3. The minimum Gasteiger partial charge on any atom is -0.455 e. The van der Waals surface area contributed by atoms with Gasteiger partial charge in [-0.05, 0) is 110 Å². The zero-order valence-corrected chi connectivity index (χ0v) is 32.8. The molecule has 0 spiro atoms. The van der Waals surface area contributed by atoms with E-state index in [1.165, 1.54) is 58.6 Å². The maximum absolute atomic E-state index is 6.55. The van der Waals surface area contributed by atoms with E-state index in [9.17, 15) is 0 Å². The van der Waals surface area contributed by atoms with Crippen LogP contribution in [0.15, 0.2) is 217 Å². The van der Waals surface area contributed by atoms with Gasteiger partial charge < -0.3 is 9.32 Å². The van der Waals surface area contributed by atoms with E-state index < -0.39 is 0 Å². The van der Waals surface area contributed by atoms with Crippen molar-refractivity contribution in [1.29, 1.82) is 0 Å². The molecule has 0 amide bonds. The Balaban J connectivity index is 0.976. The van der Waals surface area contributed by atoms with Crippen LogP contribution in [0, 0.1) is 0 Å². The van der Waals surface area contributed by atoms with Gasteiger partial charge in [-0.3, -0.25) is 0 Å². The van der Waals surface area contributed by atoms with Gasteiger partial charge in [0.05, 0.1) is 0 Å². The monoisotopic (exact) mass is 769 g/mol. The second-order valence-electron chi connectivity index (χ2n) is 15.3. The normalized spacial score (nSPS) is 11.7. The van der Waals surface area contributed by atoms with E-state index in [4.69, 9.17) is 4.42 Å². The van der Waals surface area contributed by atoms with E-state index in [-0.39, 0.29) is 0 Å². The van der Waals surface area contributed by atoms with Crippen molar-refractivity contribution in [1.82, 2.24) is 0 Å². The molecule has 2 aromatic heterocycles. The Morgan fingerprint density at radius 3 is 1.80 bits per heavy atom. The zero-order chi connectivity index (χ0) is 38.9. The molecule has 0 aliphatic rings. The van der Waals surface area contributed by atoms with Crippen LogP contribution < -0.4 is 4.90 Å². The SMILES string of the molecule is c1cc(-c2ccc3ccccc3c2)cc(N(c2ccc(-c3cccc4c3sc3ccccc34)cc2)c2ccc(-c3cccc4oc5c6ccccc6ccc5c34)cc2)c1. The molecular weight excluding hydrogens is 735 g/mol. The molecule has 0 saturated carbocycles. The Morgan fingerprint density at radius 1 is 0.356 bits per heavy atom. The lowest BCUT2D eigenvalue weighted by molar-refractivity contribution is 0.673. The van der Waals surface area contributed by atoms with E-state index >= 15 is 0 Å². The highest BCUT2D eigenvalue weighted by Gasteiger charge is 2.18. The van der Waals surface area contributed by atoms with E-state index in [0.717, 1.165) is 55.5 Å². The molecule has 0 N–H and O–H groups in total. The highest BCUT2D eigenvalue weighted by Crippen LogP contribution is 2.44. The lowest BCUT2D eigenvalue weighted by atomic mass is 9.97. The molecule has 0 fully saturated rings. The first-order chi connectivity index (χ1) is 29.2. The third-order valence-corrected chi connectivity index (χ3v) is 13.1. The van der Waals surface area contributed by atoms with Crippen molar-refractivity contribution in [3.05, 3.63) is 212 Å². The maximum atomic E-state index is 6.55. The number of thiophene rings is 1. The molecule has 276 valence electrons. The van der Waals surface area contributed by atoms with E-state index in [2.05, 4.69) is 217 Å². The van der Waals surface area contributed by atoms with Gasteiger partial charge in [0.1, 0.15) is 11.2 Å². The summed E-state index contributed by atoms with van der Waals surface area (Å²) in [6.45, 7) is 0. The molecule has 0 unspecified atom stereocenters. The van der Waals surface area contributed by atoms with Crippen LogP contribution in [0.2, 0.25) is 0 Å². The van der Waals surface area contributed by atoms with E-state index in [0.29, 0.717) is 0 Å². The van der Waals surface area contributed by atoms with Crippen molar-refractivity contribution in [3.63, 3.8) is 0 Å². The predicted octanol–water partition coefficient (Wildman–Crippen LogP) is 16.7. The third-order valence-electron chi connectivity index (χ3n) is 11.9. The summed E-state index contributed by atoms with van der Waals surface area (Å²) in [5, 5.41) is 9.70. The predicted molar refractivity (Wildman–Crippen MR) is 253 cm³/mol. The minimum atomic E-state index is 0.900. The number of anilines is 3. The van der Waals surface area contributed by atoms with Crippen LogP contribution >= 0.6 is 11.3 Å². The number of furan rings is 1. The summed E-state index contributed by atoms with van der Waals surface area (Å²) in [5.74, 6) is 0. The van der Waals surface area contributed by atoms with Gasteiger partial charge in [0.15, 0.2) is 0 Å². The summed E-state index contributed by atoms with van der Waals surface area (Å²) in [4.78, 5) is 2.37. The van der Waals surface area contributed by atoms with Crippen LogP contribution in [-0.2, 0) is 0 Å². The van der Waals surface area contributed by atoms with Crippen molar-refractivity contribution in [2.45, 2.75) is 0 Å². The average Bonchev–Trinajstić information content (AvgIpc) is 3.89. The molecule has 12 rings (SSSR count). The molecular formula is C56H35NOS. The fourth-order valence-corrected chi connectivity index (χ4v) is 10.2. The number of nitrogens with zero attached hydrogens (tertiary/aromatic N) is 1. The maximum Gasteiger partial charge on any atom is 0.143 e. The van der Waals surface area contributed by atoms with Crippen LogP contribution in [0.3, 0.4) is 0 Å². The fourth-order valence-electron chi connectivity index (χ4n) is 8.99. The Hall–Kier alpha value is -7.46. The molecule has 0 bridgehead atoms. The van der Waals surface area contributed by atoms with Gasteiger partial charge in [-0.25, -0.2) is 0 Å². The Morgan fingerprint density at radius 2 is 0.966 bits per heavy atom. The summed E-state index contributed by atoms with van der Waals surface area (Å²) in [6, 6.07) is 76.9. The van der Waals surface area contributed by atoms with Crippen molar-refractivity contribution in [2.24, 2.45) is 0 Å². The largest absolute Gasteiger partial charge is 0.455 e. The Labute approximate surface area is 345 Å². The first-order valence-corrected chi connectivity index (χ1v) is 20.9.